The number of aryl methyl sites for hydroxylation is 1. The van der Waals surface area contributed by atoms with E-state index in [9.17, 15) is 4.39 Å². The Labute approximate surface area is 180 Å². The molecule has 3 N–H and O–H groups in total. The topological polar surface area (TPSA) is 71.1 Å². The van der Waals surface area contributed by atoms with Crippen molar-refractivity contribution in [2.45, 2.75) is 26.8 Å². The molecule has 0 aliphatic heterocycles. The molecule has 1 atom stereocenters. The van der Waals surface area contributed by atoms with Crippen LogP contribution in [0, 0.1) is 12.7 Å². The zero-order valence-corrected chi connectivity index (χ0v) is 17.9. The Balaban J connectivity index is 1.64. The van der Waals surface area contributed by atoms with E-state index >= 15 is 0 Å². The van der Waals surface area contributed by atoms with Crippen LogP contribution in [0.25, 0.3) is 0 Å². The van der Waals surface area contributed by atoms with Gasteiger partial charge in [-0.15, -0.1) is 0 Å². The van der Waals surface area contributed by atoms with E-state index in [4.69, 9.17) is 17.0 Å². The van der Waals surface area contributed by atoms with Crippen LogP contribution in [0.4, 0.5) is 21.8 Å². The molecule has 1 aromatic heterocycles. The first-order valence-corrected chi connectivity index (χ1v) is 10.0. The largest absolute Gasteiger partial charge is 0.494 e. The summed E-state index contributed by atoms with van der Waals surface area (Å²) in [5.41, 5.74) is 2.59. The Morgan fingerprint density at radius 1 is 1.10 bits per heavy atom. The maximum atomic E-state index is 13.1. The Bertz CT molecular complexity index is 995. The molecule has 2 aromatic carbocycles. The third kappa shape index (κ3) is 6.12. The van der Waals surface area contributed by atoms with Crippen LogP contribution in [0.2, 0.25) is 0 Å². The summed E-state index contributed by atoms with van der Waals surface area (Å²) >= 11 is 5.38. The molecule has 3 aromatic rings. The van der Waals surface area contributed by atoms with Gasteiger partial charge in [-0.3, -0.25) is 0 Å². The number of nitrogens with one attached hydrogen (secondary N) is 3. The average Bonchev–Trinajstić information content (AvgIpc) is 2.69. The number of ether oxygens (including phenoxy) is 1. The van der Waals surface area contributed by atoms with Crippen molar-refractivity contribution < 1.29 is 9.13 Å². The van der Waals surface area contributed by atoms with Gasteiger partial charge in [0.05, 0.1) is 12.6 Å². The fourth-order valence-electron chi connectivity index (χ4n) is 2.81. The van der Waals surface area contributed by atoms with E-state index in [0.29, 0.717) is 23.5 Å². The predicted molar refractivity (Wildman–Crippen MR) is 122 cm³/mol. The molecule has 0 saturated carbocycles. The first-order valence-electron chi connectivity index (χ1n) is 9.61. The van der Waals surface area contributed by atoms with Crippen molar-refractivity contribution in [1.82, 2.24) is 15.3 Å². The van der Waals surface area contributed by atoms with Gasteiger partial charge in [-0.2, -0.15) is 4.98 Å². The summed E-state index contributed by atoms with van der Waals surface area (Å²) in [5.74, 6) is 1.57. The Kier molecular flexibility index (Phi) is 7.13. The number of thiocarbonyl (C=S) groups is 1. The van der Waals surface area contributed by atoms with Crippen LogP contribution in [0.3, 0.4) is 0 Å². The van der Waals surface area contributed by atoms with Crippen molar-refractivity contribution in [3.05, 3.63) is 71.7 Å². The molecule has 30 heavy (non-hydrogen) atoms. The smallest absolute Gasteiger partial charge is 0.231 e. The van der Waals surface area contributed by atoms with Gasteiger partial charge in [0.2, 0.25) is 5.95 Å². The fourth-order valence-corrected chi connectivity index (χ4v) is 3.07. The summed E-state index contributed by atoms with van der Waals surface area (Å²) in [6, 6.07) is 15.7. The third-order valence-electron chi connectivity index (χ3n) is 4.23. The molecule has 0 aliphatic carbocycles. The molecule has 0 fully saturated rings. The maximum Gasteiger partial charge on any atom is 0.231 e. The molecule has 0 bridgehead atoms. The first-order chi connectivity index (χ1) is 14.4. The van der Waals surface area contributed by atoms with Crippen molar-refractivity contribution in [2.24, 2.45) is 0 Å². The number of hydrogen-bond donors (Lipinski definition) is 3. The highest BCUT2D eigenvalue weighted by Gasteiger charge is 2.10. The van der Waals surface area contributed by atoms with Gasteiger partial charge < -0.3 is 20.7 Å². The van der Waals surface area contributed by atoms with Crippen LogP contribution >= 0.6 is 12.2 Å². The van der Waals surface area contributed by atoms with Gasteiger partial charge in [0.1, 0.15) is 17.4 Å². The van der Waals surface area contributed by atoms with Crippen LogP contribution in [0.5, 0.6) is 5.75 Å². The SMILES string of the molecule is CCOc1ccc(Nc2cc(C)nc(NC(=S)N[C@@H](C)c3ccc(F)cc3)n2)cc1. The second kappa shape index (κ2) is 9.98. The first kappa shape index (κ1) is 21.4. The van der Waals surface area contributed by atoms with Crippen LogP contribution in [0.1, 0.15) is 31.1 Å². The van der Waals surface area contributed by atoms with E-state index in [-0.39, 0.29) is 11.9 Å². The zero-order valence-electron chi connectivity index (χ0n) is 17.1. The van der Waals surface area contributed by atoms with E-state index in [2.05, 4.69) is 25.9 Å². The van der Waals surface area contributed by atoms with E-state index in [0.717, 1.165) is 22.7 Å². The minimum Gasteiger partial charge on any atom is -0.494 e. The van der Waals surface area contributed by atoms with Gasteiger partial charge in [0.25, 0.3) is 0 Å². The van der Waals surface area contributed by atoms with Crippen LogP contribution in [-0.4, -0.2) is 21.7 Å². The second-order valence-electron chi connectivity index (χ2n) is 6.67. The highest BCUT2D eigenvalue weighted by atomic mass is 32.1. The highest BCUT2D eigenvalue weighted by molar-refractivity contribution is 7.80. The normalized spacial score (nSPS) is 11.5. The summed E-state index contributed by atoms with van der Waals surface area (Å²) in [6.07, 6.45) is 0. The number of benzene rings is 2. The number of rotatable bonds is 7. The molecule has 0 saturated heterocycles. The van der Waals surface area contributed by atoms with Crippen LogP contribution in [-0.2, 0) is 0 Å². The maximum absolute atomic E-state index is 13.1. The van der Waals surface area contributed by atoms with E-state index < -0.39 is 0 Å². The van der Waals surface area contributed by atoms with Gasteiger partial charge in [0.15, 0.2) is 5.11 Å². The number of anilines is 3. The van der Waals surface area contributed by atoms with Crippen molar-refractivity contribution in [3.63, 3.8) is 0 Å². The molecule has 8 heteroatoms. The minimum absolute atomic E-state index is 0.100. The number of halogens is 1. The molecule has 0 spiro atoms. The zero-order chi connectivity index (χ0) is 21.5. The predicted octanol–water partition coefficient (Wildman–Crippen LogP) is 5.11. The van der Waals surface area contributed by atoms with Gasteiger partial charge >= 0.3 is 0 Å². The molecule has 0 amide bonds. The monoisotopic (exact) mass is 425 g/mol. The lowest BCUT2D eigenvalue weighted by Gasteiger charge is -2.17. The average molecular weight is 426 g/mol. The van der Waals surface area contributed by atoms with Crippen molar-refractivity contribution >= 4 is 34.8 Å². The highest BCUT2D eigenvalue weighted by Crippen LogP contribution is 2.20. The molecule has 0 unspecified atom stereocenters. The number of nitrogens with zero attached hydrogens (tertiary/aromatic N) is 2. The third-order valence-corrected chi connectivity index (χ3v) is 4.45. The van der Waals surface area contributed by atoms with E-state index in [1.807, 2.05) is 51.1 Å². The fraction of sp³-hybridized carbons (Fsp3) is 0.227. The molecule has 6 nitrogen and oxygen atoms in total. The summed E-state index contributed by atoms with van der Waals surface area (Å²) in [4.78, 5) is 8.86. The summed E-state index contributed by atoms with van der Waals surface area (Å²) in [6.45, 7) is 6.40. The van der Waals surface area contributed by atoms with Crippen molar-refractivity contribution in [3.8, 4) is 5.75 Å². The molecular weight excluding hydrogens is 401 g/mol. The minimum atomic E-state index is -0.271. The van der Waals surface area contributed by atoms with Crippen LogP contribution in [0.15, 0.2) is 54.6 Å². The molecule has 156 valence electrons. The summed E-state index contributed by atoms with van der Waals surface area (Å²) < 4.78 is 18.6. The van der Waals surface area contributed by atoms with Crippen LogP contribution < -0.4 is 20.7 Å². The Hall–Kier alpha value is -3.26. The van der Waals surface area contributed by atoms with Gasteiger partial charge in [-0.1, -0.05) is 12.1 Å². The van der Waals surface area contributed by atoms with Gasteiger partial charge in [-0.05, 0) is 75.0 Å². The standard InChI is InChI=1S/C22H24FN5OS/c1-4-29-19-11-9-18(10-12-19)26-20-13-14(2)24-21(27-20)28-22(30)25-15(3)16-5-7-17(23)8-6-16/h5-13,15H,4H2,1-3H3,(H3,24,25,26,27,28,30)/t15-/m0/s1. The van der Waals surface area contributed by atoms with Crippen molar-refractivity contribution in [1.29, 1.82) is 0 Å². The lowest BCUT2D eigenvalue weighted by molar-refractivity contribution is 0.340. The molecule has 1 heterocycles. The quantitative estimate of drug-likeness (QED) is 0.454. The lowest BCUT2D eigenvalue weighted by Crippen LogP contribution is -2.31. The van der Waals surface area contributed by atoms with E-state index in [1.54, 1.807) is 12.1 Å². The van der Waals surface area contributed by atoms with Gasteiger partial charge in [-0.25, -0.2) is 9.37 Å². The summed E-state index contributed by atoms with van der Waals surface area (Å²) in [7, 11) is 0. The Morgan fingerprint density at radius 2 is 1.80 bits per heavy atom. The molecule has 0 radical (unpaired) electrons. The summed E-state index contributed by atoms with van der Waals surface area (Å²) in [5, 5.41) is 9.80. The van der Waals surface area contributed by atoms with Crippen molar-refractivity contribution in [2.75, 3.05) is 17.2 Å². The molecule has 3 rings (SSSR count). The number of hydrogen-bond acceptors (Lipinski definition) is 5. The Morgan fingerprint density at radius 3 is 2.47 bits per heavy atom. The molecular formula is C22H24FN5OS. The number of aromatic nitrogens is 2. The lowest BCUT2D eigenvalue weighted by atomic mass is 10.1. The molecule has 0 aliphatic rings. The van der Waals surface area contributed by atoms with Gasteiger partial charge in [0, 0.05) is 17.4 Å². The van der Waals surface area contributed by atoms with E-state index in [1.165, 1.54) is 12.1 Å². The second-order valence-corrected chi connectivity index (χ2v) is 7.08.